The summed E-state index contributed by atoms with van der Waals surface area (Å²) in [6.45, 7) is 8.11. The highest BCUT2D eigenvalue weighted by atomic mass is 16.4. The van der Waals surface area contributed by atoms with E-state index in [1.807, 2.05) is 6.92 Å². The third-order valence-corrected chi connectivity index (χ3v) is 17.6. The number of aromatic amines is 2. The predicted octanol–water partition coefficient (Wildman–Crippen LogP) is -1.77. The lowest BCUT2D eigenvalue weighted by atomic mass is 10.0. The maximum absolute atomic E-state index is 14.9. The van der Waals surface area contributed by atoms with Crippen LogP contribution in [0.3, 0.4) is 0 Å². The molecule has 0 saturated carbocycles. The smallest absolute Gasteiger partial charge is 0.303 e. The van der Waals surface area contributed by atoms with Crippen molar-refractivity contribution >= 4 is 99.6 Å². The summed E-state index contributed by atoms with van der Waals surface area (Å²) in [5.41, 5.74) is 6.60. The number of aliphatic hydroxyl groups excluding tert-OH is 1. The minimum Gasteiger partial charge on any atom is -0.481 e. The minimum absolute atomic E-state index is 0.00781. The Bertz CT molecular complexity index is 3980. The second-order valence-electron chi connectivity index (χ2n) is 26.5. The van der Waals surface area contributed by atoms with Gasteiger partial charge in [-0.3, -0.25) is 71.9 Å². The van der Waals surface area contributed by atoms with Crippen molar-refractivity contribution in [3.8, 4) is 0 Å². The van der Waals surface area contributed by atoms with Crippen LogP contribution in [-0.4, -0.2) is 199 Å². The van der Waals surface area contributed by atoms with Crippen LogP contribution in [-0.2, 0) is 76.8 Å². The number of carbonyl (C=O) groups is 15. The largest absolute Gasteiger partial charge is 0.481 e. The number of carboxylic acids is 1. The summed E-state index contributed by atoms with van der Waals surface area (Å²) < 4.78 is 0. The number of para-hydroxylation sites is 1. The lowest BCUT2D eigenvalue weighted by Crippen LogP contribution is -2.62. The Morgan fingerprint density at radius 1 is 0.552 bits per heavy atom. The van der Waals surface area contributed by atoms with Gasteiger partial charge in [0.2, 0.25) is 65.0 Å². The standard InChI is InChI=1S/C71H93N17O17/c1-7-8-19-48-65(99)85-51(25-36(2)3)67(101)79-38(5)60(94)84-54(31-45-33-73-35-77-45)69(103)87-55(58(72)92)34-76-62(96)42-27-41-28-43(29-42)63(97)78-37(4)59(93)83-52(26-40-16-10-9-11-17-40)68(102)86-53(30-44-32-75-47-20-13-12-18-46(44)47)70(104)88-57(39(6)89)71(105)82-50(22-23-56(90)91)66(100)81-49(64(98)80-48)21-14-15-24-74-61(41)95/h9-13,16-18,20,27-29,32-33,35-39,48-55,57,75,89H,7-8,14-15,19,21-26,30-31,34H2,1-6H3,(H2,72,92)(H,73,77)(H,74,95)(H,76,96)(H,78,97)(H,79,101)(H,80,98)(H,81,100)(H,82,105)(H,83,93)(H,84,94)(H,85,99)(H,86,102)(H,87,103)(H,88,104)(H,90,91)/t37-,38-,39-,48?,49-,50+,51?,52+,53?,54?,55?,57?/m0/s1. The van der Waals surface area contributed by atoms with Crippen LogP contribution < -0.4 is 74.9 Å². The van der Waals surface area contributed by atoms with E-state index in [0.717, 1.165) is 25.1 Å². The summed E-state index contributed by atoms with van der Waals surface area (Å²) in [5.74, 6) is -15.8. The van der Waals surface area contributed by atoms with Crippen molar-refractivity contribution in [2.24, 2.45) is 11.7 Å². The van der Waals surface area contributed by atoms with Gasteiger partial charge < -0.3 is 95.0 Å². The predicted molar refractivity (Wildman–Crippen MR) is 378 cm³/mol. The minimum atomic E-state index is -1.94. The van der Waals surface area contributed by atoms with Crippen LogP contribution in [0.2, 0.25) is 0 Å². The fourth-order valence-corrected chi connectivity index (χ4v) is 11.7. The maximum atomic E-state index is 14.9. The van der Waals surface area contributed by atoms with Crippen LogP contribution in [0.1, 0.15) is 147 Å². The first-order valence-electron chi connectivity index (χ1n) is 34.8. The number of carboxylic acid groups (broad SMARTS) is 1. The number of unbranched alkanes of at least 4 members (excludes halogenated alkanes) is 1. The molecular formula is C71H93N17O17. The number of carbonyl (C=O) groups excluding carboxylic acids is 14. The summed E-state index contributed by atoms with van der Waals surface area (Å²) in [4.78, 5) is 224. The normalized spacial score (nSPS) is 24.3. The number of aliphatic carboxylic acids is 1. The molecule has 12 atom stereocenters. The fourth-order valence-electron chi connectivity index (χ4n) is 11.7. The van der Waals surface area contributed by atoms with Gasteiger partial charge in [-0.2, -0.15) is 0 Å². The molecule has 19 N–H and O–H groups in total. The molecule has 6 unspecified atom stereocenters. The van der Waals surface area contributed by atoms with Gasteiger partial charge in [0.1, 0.15) is 66.5 Å². The van der Waals surface area contributed by atoms with E-state index in [9.17, 15) is 82.1 Å². The van der Waals surface area contributed by atoms with Crippen molar-refractivity contribution in [2.45, 2.75) is 191 Å². The monoisotopic (exact) mass is 1460 g/mol. The summed E-state index contributed by atoms with van der Waals surface area (Å²) in [6.07, 6.45) is 0.847. The SMILES string of the molecule is CCCCC1NC(=O)[C@@H]2CCCCNC(=O)c3cc(cc(c3)C(=O)N[C@@H](C)C(=O)N[C@H](Cc3ccccc3)C(=O)NC(Cc3c[nH]c4ccccc34)C(=O)NC([C@H](C)O)C(=O)N[C@H](CCC(=O)O)C(=O)N2)C(=O)NCC(C(N)=O)NC(=O)C(Cc2c[nH]cn2)NC(=O)[C@H](C)NC(=O)C(CC(C)C)NC1=O. The Balaban J connectivity index is 1.35. The lowest BCUT2D eigenvalue weighted by Gasteiger charge is -2.29. The lowest BCUT2D eigenvalue weighted by molar-refractivity contribution is -0.139. The molecule has 14 amide bonds. The van der Waals surface area contributed by atoms with Crippen LogP contribution >= 0.6 is 0 Å². The van der Waals surface area contributed by atoms with Crippen LogP contribution in [0.4, 0.5) is 0 Å². The number of nitrogens with two attached hydrogens (primary N) is 1. The van der Waals surface area contributed by atoms with Gasteiger partial charge in [0.15, 0.2) is 0 Å². The number of H-pyrrole nitrogens is 2. The number of fused-ring (bicyclic) bond motifs is 9. The van der Waals surface area contributed by atoms with Gasteiger partial charge in [-0.1, -0.05) is 82.1 Å². The molecule has 0 aliphatic carbocycles. The molecule has 105 heavy (non-hydrogen) atoms. The Labute approximate surface area is 604 Å². The van der Waals surface area contributed by atoms with Gasteiger partial charge in [-0.15, -0.1) is 0 Å². The Hall–Kier alpha value is -11.6. The second kappa shape index (κ2) is 38.6. The Morgan fingerprint density at radius 3 is 1.73 bits per heavy atom. The van der Waals surface area contributed by atoms with Crippen LogP contribution in [0.25, 0.3) is 10.9 Å². The first kappa shape index (κ1) is 80.7. The topological polar surface area (TPSA) is 523 Å². The number of nitrogens with one attached hydrogen (secondary N) is 15. The van der Waals surface area contributed by atoms with E-state index < -0.39 is 181 Å². The zero-order valence-corrected chi connectivity index (χ0v) is 59.1. The third kappa shape index (κ3) is 24.0. The van der Waals surface area contributed by atoms with Gasteiger partial charge in [-0.05, 0) is 101 Å². The molecular weight excluding hydrogens is 1360 g/mol. The first-order valence-corrected chi connectivity index (χ1v) is 34.8. The number of aromatic nitrogens is 3. The number of aliphatic hydroxyl groups is 1. The van der Waals surface area contributed by atoms with Crippen molar-refractivity contribution in [1.29, 1.82) is 0 Å². The highest BCUT2D eigenvalue weighted by Crippen LogP contribution is 2.21. The average molecular weight is 1460 g/mol. The Morgan fingerprint density at radius 2 is 1.10 bits per heavy atom. The summed E-state index contributed by atoms with van der Waals surface area (Å²) in [6, 6.07) is 1.09. The molecule has 564 valence electrons. The molecule has 0 radical (unpaired) electrons. The quantitative estimate of drug-likeness (QED) is 0.0520. The zero-order chi connectivity index (χ0) is 76.6. The number of hydrogen-bond acceptors (Lipinski definition) is 17. The molecule has 34 heteroatoms. The van der Waals surface area contributed by atoms with Gasteiger partial charge in [-0.25, -0.2) is 4.98 Å². The molecule has 4 heterocycles. The molecule has 5 aromatic rings. The van der Waals surface area contributed by atoms with Crippen LogP contribution in [0, 0.1) is 5.92 Å². The van der Waals surface area contributed by atoms with Gasteiger partial charge in [0, 0.05) is 78.8 Å². The molecule has 2 aromatic heterocycles. The number of benzene rings is 3. The zero-order valence-electron chi connectivity index (χ0n) is 59.1. The number of nitrogens with zero attached hydrogens (tertiary/aromatic N) is 1. The maximum Gasteiger partial charge on any atom is 0.303 e. The fraction of sp³-hybridized carbons (Fsp3) is 0.465. The highest BCUT2D eigenvalue weighted by Gasteiger charge is 2.38. The van der Waals surface area contributed by atoms with Crippen molar-refractivity contribution in [2.75, 3.05) is 13.1 Å². The molecule has 3 aromatic carbocycles. The second-order valence-corrected chi connectivity index (χ2v) is 26.5. The van der Waals surface area contributed by atoms with E-state index in [2.05, 4.69) is 84.1 Å². The van der Waals surface area contributed by atoms with Crippen LogP contribution in [0.5, 0.6) is 0 Å². The van der Waals surface area contributed by atoms with E-state index in [1.54, 1.807) is 74.6 Å². The molecule has 2 aliphatic rings. The number of rotatable bonds is 16. The van der Waals surface area contributed by atoms with E-state index in [4.69, 9.17) is 5.73 Å². The van der Waals surface area contributed by atoms with E-state index >= 15 is 0 Å². The molecule has 0 fully saturated rings. The van der Waals surface area contributed by atoms with Gasteiger partial charge in [0.05, 0.1) is 18.1 Å². The molecule has 0 saturated heterocycles. The molecule has 2 aliphatic heterocycles. The molecule has 34 nitrogen and oxygen atoms in total. The van der Waals surface area contributed by atoms with Crippen molar-refractivity contribution in [3.63, 3.8) is 0 Å². The van der Waals surface area contributed by atoms with Crippen molar-refractivity contribution < 1.29 is 82.1 Å². The molecule has 0 spiro atoms. The van der Waals surface area contributed by atoms with Crippen LogP contribution in [0.15, 0.2) is 91.5 Å². The molecule has 4 bridgehead atoms. The first-order chi connectivity index (χ1) is 50.0. The number of imidazole rings is 1. The summed E-state index contributed by atoms with van der Waals surface area (Å²) in [5, 5.41) is 55.3. The van der Waals surface area contributed by atoms with E-state index in [-0.39, 0.29) is 86.2 Å². The van der Waals surface area contributed by atoms with Gasteiger partial charge >= 0.3 is 5.97 Å². The molecule has 7 rings (SSSR count). The summed E-state index contributed by atoms with van der Waals surface area (Å²) in [7, 11) is 0. The number of primary amides is 1. The van der Waals surface area contributed by atoms with Gasteiger partial charge in [0.25, 0.3) is 17.7 Å². The summed E-state index contributed by atoms with van der Waals surface area (Å²) >= 11 is 0. The van der Waals surface area contributed by atoms with E-state index in [1.165, 1.54) is 26.4 Å². The van der Waals surface area contributed by atoms with E-state index in [0.29, 0.717) is 34.9 Å². The third-order valence-electron chi connectivity index (χ3n) is 17.6. The van der Waals surface area contributed by atoms with Crippen molar-refractivity contribution in [1.82, 2.24) is 84.1 Å². The average Bonchev–Trinajstić information content (AvgIpc) is 1.75. The highest BCUT2D eigenvalue weighted by molar-refractivity contribution is 6.06. The number of hydrogen-bond donors (Lipinski definition) is 18. The number of amides is 14. The Kier molecular flexibility index (Phi) is 29.7. The van der Waals surface area contributed by atoms with Crippen molar-refractivity contribution in [3.05, 3.63) is 125 Å².